The zero-order valence-electron chi connectivity index (χ0n) is 10.1. The molecule has 0 saturated heterocycles. The average molecular weight is 319 g/mol. The van der Waals surface area contributed by atoms with E-state index in [1.807, 2.05) is 24.3 Å². The Morgan fingerprint density at radius 1 is 1.10 bits per heavy atom. The number of rotatable bonds is 4. The van der Waals surface area contributed by atoms with Crippen LogP contribution in [0.25, 0.3) is 10.8 Å². The SMILES string of the molecule is O=C(CC(F)F)N(c1ccc2ccccc2c1)N(Cl)Cl. The van der Waals surface area contributed by atoms with E-state index in [0.29, 0.717) is 9.73 Å². The molecule has 7 heteroatoms. The number of benzene rings is 2. The van der Waals surface area contributed by atoms with Gasteiger partial charge in [-0.1, -0.05) is 30.3 Å². The van der Waals surface area contributed by atoms with Gasteiger partial charge in [-0.25, -0.2) is 13.8 Å². The van der Waals surface area contributed by atoms with E-state index in [0.717, 1.165) is 15.8 Å². The smallest absolute Gasteiger partial charge is 0.249 e. The van der Waals surface area contributed by atoms with Gasteiger partial charge in [0.05, 0.1) is 12.1 Å². The maximum absolute atomic E-state index is 12.3. The van der Waals surface area contributed by atoms with Crippen molar-refractivity contribution in [1.29, 1.82) is 0 Å². The minimum atomic E-state index is -2.77. The first-order valence-corrected chi connectivity index (χ1v) is 6.38. The molecule has 0 aliphatic heterocycles. The molecule has 0 atom stereocenters. The van der Waals surface area contributed by atoms with Crippen LogP contribution in [0.5, 0.6) is 0 Å². The van der Waals surface area contributed by atoms with Crippen LogP contribution in [0.3, 0.4) is 0 Å². The molecule has 0 unspecified atom stereocenters. The van der Waals surface area contributed by atoms with Crippen LogP contribution in [-0.4, -0.2) is 16.4 Å². The Labute approximate surface area is 124 Å². The molecule has 0 aliphatic rings. The minimum Gasteiger partial charge on any atom is -0.273 e. The van der Waals surface area contributed by atoms with Crippen LogP contribution in [0.2, 0.25) is 0 Å². The molecule has 3 nitrogen and oxygen atoms in total. The largest absolute Gasteiger partial charge is 0.273 e. The van der Waals surface area contributed by atoms with Crippen LogP contribution >= 0.6 is 23.6 Å². The molecule has 0 bridgehead atoms. The molecule has 0 saturated carbocycles. The lowest BCUT2D eigenvalue weighted by atomic mass is 10.1. The third kappa shape index (κ3) is 3.36. The molecular weight excluding hydrogens is 309 g/mol. The van der Waals surface area contributed by atoms with Crippen molar-refractivity contribution in [2.75, 3.05) is 5.01 Å². The second-order valence-corrected chi connectivity index (χ2v) is 4.86. The van der Waals surface area contributed by atoms with Crippen LogP contribution in [0.4, 0.5) is 14.5 Å². The number of hydrogen-bond donors (Lipinski definition) is 0. The van der Waals surface area contributed by atoms with E-state index in [2.05, 4.69) is 0 Å². The average Bonchev–Trinajstić information content (AvgIpc) is 2.37. The summed E-state index contributed by atoms with van der Waals surface area (Å²) < 4.78 is 25.1. The molecule has 2 aromatic carbocycles. The van der Waals surface area contributed by atoms with Crippen molar-refractivity contribution < 1.29 is 13.6 Å². The van der Waals surface area contributed by atoms with Crippen molar-refractivity contribution in [2.45, 2.75) is 12.8 Å². The third-order valence-electron chi connectivity index (χ3n) is 2.69. The predicted octanol–water partition coefficient (Wildman–Crippen LogP) is 4.35. The minimum absolute atomic E-state index is 0.319. The Bertz CT molecular complexity index is 622. The Kier molecular flexibility index (Phi) is 4.75. The molecular formula is C13H10Cl2F2N2O. The van der Waals surface area contributed by atoms with Crippen molar-refractivity contribution in [1.82, 2.24) is 4.05 Å². The molecule has 0 aliphatic carbocycles. The first kappa shape index (κ1) is 15.0. The Balaban J connectivity index is 2.38. The zero-order chi connectivity index (χ0) is 14.7. The van der Waals surface area contributed by atoms with Gasteiger partial charge in [-0.15, -0.1) is 0 Å². The number of halogens is 4. The highest BCUT2D eigenvalue weighted by Gasteiger charge is 2.24. The monoisotopic (exact) mass is 318 g/mol. The molecule has 0 N–H and O–H groups in total. The lowest BCUT2D eigenvalue weighted by Gasteiger charge is -2.24. The van der Waals surface area contributed by atoms with Gasteiger partial charge in [0, 0.05) is 23.6 Å². The van der Waals surface area contributed by atoms with Crippen LogP contribution < -0.4 is 5.01 Å². The first-order valence-electron chi connectivity index (χ1n) is 5.70. The van der Waals surface area contributed by atoms with Gasteiger partial charge in [0.25, 0.3) is 0 Å². The van der Waals surface area contributed by atoms with E-state index in [-0.39, 0.29) is 0 Å². The topological polar surface area (TPSA) is 23.6 Å². The quantitative estimate of drug-likeness (QED) is 0.618. The summed E-state index contributed by atoms with van der Waals surface area (Å²) in [5.41, 5.74) is 0.319. The van der Waals surface area contributed by atoms with Crippen molar-refractivity contribution in [2.24, 2.45) is 0 Å². The van der Waals surface area contributed by atoms with E-state index in [1.54, 1.807) is 18.2 Å². The van der Waals surface area contributed by atoms with Crippen molar-refractivity contribution >= 4 is 45.9 Å². The summed E-state index contributed by atoms with van der Waals surface area (Å²) in [5.74, 6) is -0.889. The zero-order valence-corrected chi connectivity index (χ0v) is 11.7. The van der Waals surface area contributed by atoms with Crippen molar-refractivity contribution in [3.8, 4) is 0 Å². The van der Waals surface area contributed by atoms with Crippen molar-refractivity contribution in [3.63, 3.8) is 0 Å². The van der Waals surface area contributed by atoms with Gasteiger partial charge in [0.2, 0.25) is 12.3 Å². The number of alkyl halides is 2. The van der Waals surface area contributed by atoms with E-state index < -0.39 is 18.8 Å². The number of carbonyl (C=O) groups is 1. The third-order valence-corrected chi connectivity index (χ3v) is 3.00. The number of hydrazine groups is 1. The fraction of sp³-hybridized carbons (Fsp3) is 0.154. The maximum atomic E-state index is 12.3. The molecule has 0 aromatic heterocycles. The molecule has 0 spiro atoms. The number of carbonyl (C=O) groups excluding carboxylic acids is 1. The van der Waals surface area contributed by atoms with Gasteiger partial charge < -0.3 is 0 Å². The predicted molar refractivity (Wildman–Crippen MR) is 75.6 cm³/mol. The first-order chi connectivity index (χ1) is 9.49. The summed E-state index contributed by atoms with van der Waals surface area (Å²) in [6.45, 7) is 0. The van der Waals surface area contributed by atoms with E-state index in [1.165, 1.54) is 0 Å². The molecule has 0 radical (unpaired) electrons. The van der Waals surface area contributed by atoms with Gasteiger partial charge in [-0.3, -0.25) is 4.79 Å². The fourth-order valence-electron chi connectivity index (χ4n) is 1.84. The van der Waals surface area contributed by atoms with E-state index in [9.17, 15) is 13.6 Å². The maximum Gasteiger partial charge on any atom is 0.249 e. The molecule has 1 amide bonds. The molecule has 2 rings (SSSR count). The lowest BCUT2D eigenvalue weighted by Crippen LogP contribution is -2.37. The Hall–Kier alpha value is -1.43. The highest BCUT2D eigenvalue weighted by atomic mass is 35.5. The number of fused-ring (bicyclic) bond motifs is 1. The molecule has 0 fully saturated rings. The Morgan fingerprint density at radius 2 is 1.75 bits per heavy atom. The summed E-state index contributed by atoms with van der Waals surface area (Å²) in [6.07, 6.45) is -3.72. The fourth-order valence-corrected chi connectivity index (χ4v) is 2.19. The summed E-state index contributed by atoms with van der Waals surface area (Å²) >= 11 is 11.1. The highest BCUT2D eigenvalue weighted by Crippen LogP contribution is 2.26. The van der Waals surface area contributed by atoms with Gasteiger partial charge in [-0.05, 0) is 27.0 Å². The number of nitrogens with zero attached hydrogens (tertiary/aromatic N) is 2. The Morgan fingerprint density at radius 3 is 2.35 bits per heavy atom. The van der Waals surface area contributed by atoms with Crippen LogP contribution in [0.1, 0.15) is 6.42 Å². The van der Waals surface area contributed by atoms with Gasteiger partial charge >= 0.3 is 0 Å². The molecule has 2 aromatic rings. The highest BCUT2D eigenvalue weighted by molar-refractivity contribution is 6.36. The second-order valence-electron chi connectivity index (χ2n) is 4.05. The lowest BCUT2D eigenvalue weighted by molar-refractivity contribution is -0.122. The normalized spacial score (nSPS) is 11.3. The van der Waals surface area contributed by atoms with Gasteiger partial charge in [0.15, 0.2) is 0 Å². The number of amides is 1. The van der Waals surface area contributed by atoms with Crippen molar-refractivity contribution in [3.05, 3.63) is 42.5 Å². The summed E-state index contributed by atoms with van der Waals surface area (Å²) in [4.78, 5) is 11.8. The van der Waals surface area contributed by atoms with E-state index in [4.69, 9.17) is 23.6 Å². The molecule has 20 heavy (non-hydrogen) atoms. The van der Waals surface area contributed by atoms with E-state index >= 15 is 0 Å². The second kappa shape index (κ2) is 6.35. The van der Waals surface area contributed by atoms with Crippen LogP contribution in [0, 0.1) is 0 Å². The number of anilines is 1. The summed E-state index contributed by atoms with van der Waals surface area (Å²) in [7, 11) is 0. The van der Waals surface area contributed by atoms with Gasteiger partial charge in [-0.2, -0.15) is 0 Å². The molecule has 0 heterocycles. The summed E-state index contributed by atoms with van der Waals surface area (Å²) in [6, 6.07) is 12.4. The standard InChI is InChI=1S/C13H10Cl2F2N2O/c14-19(15)18(13(20)8-12(16)17)11-6-5-9-3-1-2-4-10(9)7-11/h1-7,12H,8H2. The van der Waals surface area contributed by atoms with Gasteiger partial charge in [0.1, 0.15) is 0 Å². The summed E-state index contributed by atoms with van der Waals surface area (Å²) in [5, 5.41) is 2.59. The molecule has 106 valence electrons. The van der Waals surface area contributed by atoms with Crippen LogP contribution in [-0.2, 0) is 4.79 Å². The number of hydrogen-bond acceptors (Lipinski definition) is 2. The van der Waals surface area contributed by atoms with Crippen LogP contribution in [0.15, 0.2) is 42.5 Å².